The van der Waals surface area contributed by atoms with Crippen molar-refractivity contribution in [2.75, 3.05) is 13.1 Å². The van der Waals surface area contributed by atoms with E-state index in [2.05, 4.69) is 58.1 Å². The van der Waals surface area contributed by atoms with Crippen LogP contribution in [-0.4, -0.2) is 13.1 Å². The Labute approximate surface area is 113 Å². The molecule has 0 spiro atoms. The van der Waals surface area contributed by atoms with Crippen LogP contribution < -0.4 is 5.32 Å². The molecule has 0 radical (unpaired) electrons. The van der Waals surface area contributed by atoms with Gasteiger partial charge in [0.25, 0.3) is 0 Å². The van der Waals surface area contributed by atoms with E-state index in [0.29, 0.717) is 5.41 Å². The third-order valence-electron chi connectivity index (χ3n) is 3.71. The van der Waals surface area contributed by atoms with Crippen LogP contribution in [0.1, 0.15) is 50.3 Å². The highest BCUT2D eigenvalue weighted by Gasteiger charge is 2.19. The van der Waals surface area contributed by atoms with Crippen molar-refractivity contribution < 1.29 is 0 Å². The maximum Gasteiger partial charge on any atom is -0.00437 e. The molecule has 1 aromatic carbocycles. The molecule has 0 aliphatic rings. The third kappa shape index (κ3) is 4.81. The van der Waals surface area contributed by atoms with Gasteiger partial charge in [-0.3, -0.25) is 0 Å². The molecule has 0 saturated carbocycles. The average molecular weight is 247 g/mol. The van der Waals surface area contributed by atoms with Gasteiger partial charge in [0.15, 0.2) is 0 Å². The lowest BCUT2D eigenvalue weighted by molar-refractivity contribution is 0.324. The highest BCUT2D eigenvalue weighted by molar-refractivity contribution is 5.34. The molecule has 0 fully saturated rings. The minimum absolute atomic E-state index is 0.373. The summed E-state index contributed by atoms with van der Waals surface area (Å²) in [5.41, 5.74) is 4.78. The van der Waals surface area contributed by atoms with E-state index in [0.717, 1.165) is 13.1 Å². The summed E-state index contributed by atoms with van der Waals surface area (Å²) in [6, 6.07) is 6.62. The van der Waals surface area contributed by atoms with Crippen molar-refractivity contribution in [3.8, 4) is 0 Å². The number of rotatable bonds is 7. The fourth-order valence-electron chi connectivity index (χ4n) is 2.42. The highest BCUT2D eigenvalue weighted by atomic mass is 14.8. The van der Waals surface area contributed by atoms with Gasteiger partial charge in [0.2, 0.25) is 0 Å². The monoisotopic (exact) mass is 247 g/mol. The average Bonchev–Trinajstić information content (AvgIpc) is 2.30. The van der Waals surface area contributed by atoms with E-state index in [1.807, 2.05) is 0 Å². The van der Waals surface area contributed by atoms with E-state index in [9.17, 15) is 0 Å². The summed E-state index contributed by atoms with van der Waals surface area (Å²) in [7, 11) is 0. The van der Waals surface area contributed by atoms with Gasteiger partial charge >= 0.3 is 0 Å². The predicted molar refractivity (Wildman–Crippen MR) is 81.2 cm³/mol. The molecule has 18 heavy (non-hydrogen) atoms. The zero-order chi connectivity index (χ0) is 13.6. The van der Waals surface area contributed by atoms with E-state index in [4.69, 9.17) is 0 Å². The Kier molecular flexibility index (Phi) is 5.87. The molecule has 1 N–H and O–H groups in total. The van der Waals surface area contributed by atoms with E-state index in [1.54, 1.807) is 0 Å². The lowest BCUT2D eigenvalue weighted by Crippen LogP contribution is -2.25. The van der Waals surface area contributed by atoms with Gasteiger partial charge in [-0.1, -0.05) is 39.0 Å². The molecule has 1 aromatic rings. The lowest BCUT2D eigenvalue weighted by Gasteiger charge is -2.27. The molecule has 0 amide bonds. The Morgan fingerprint density at radius 3 is 2.22 bits per heavy atom. The Morgan fingerprint density at radius 1 is 1.06 bits per heavy atom. The van der Waals surface area contributed by atoms with Crippen molar-refractivity contribution >= 4 is 0 Å². The Bertz CT molecular complexity index is 346. The smallest absolute Gasteiger partial charge is 0.00437 e. The van der Waals surface area contributed by atoms with Crippen molar-refractivity contribution in [3.05, 3.63) is 34.9 Å². The van der Waals surface area contributed by atoms with Crippen LogP contribution in [0.15, 0.2) is 18.2 Å². The maximum absolute atomic E-state index is 3.51. The summed E-state index contributed by atoms with van der Waals surface area (Å²) in [6.45, 7) is 13.7. The van der Waals surface area contributed by atoms with Gasteiger partial charge in [-0.05, 0) is 68.3 Å². The van der Waals surface area contributed by atoms with Crippen LogP contribution in [0.5, 0.6) is 0 Å². The summed E-state index contributed by atoms with van der Waals surface area (Å²) in [6.07, 6.45) is 3.64. The van der Waals surface area contributed by atoms with Crippen LogP contribution in [0.4, 0.5) is 0 Å². The lowest BCUT2D eigenvalue weighted by atomic mass is 9.80. The van der Waals surface area contributed by atoms with E-state index in [1.165, 1.54) is 36.0 Å². The summed E-state index contributed by atoms with van der Waals surface area (Å²) >= 11 is 0. The Morgan fingerprint density at radius 2 is 1.67 bits per heavy atom. The standard InChI is InChI=1S/C17H29N/c1-6-11-18-12-10-17(4,5)13-16-14(2)8-7-9-15(16)3/h7-9,18H,6,10-13H2,1-5H3. The highest BCUT2D eigenvalue weighted by Crippen LogP contribution is 2.28. The van der Waals surface area contributed by atoms with Crippen LogP contribution in [0.2, 0.25) is 0 Å². The van der Waals surface area contributed by atoms with Crippen molar-refractivity contribution in [3.63, 3.8) is 0 Å². The molecule has 0 heterocycles. The number of hydrogen-bond acceptors (Lipinski definition) is 1. The fourth-order valence-corrected chi connectivity index (χ4v) is 2.42. The van der Waals surface area contributed by atoms with Crippen LogP contribution in [0.3, 0.4) is 0 Å². The van der Waals surface area contributed by atoms with Crippen molar-refractivity contribution in [2.24, 2.45) is 5.41 Å². The van der Waals surface area contributed by atoms with E-state index in [-0.39, 0.29) is 0 Å². The van der Waals surface area contributed by atoms with Crippen LogP contribution in [0.25, 0.3) is 0 Å². The van der Waals surface area contributed by atoms with Gasteiger partial charge in [-0.15, -0.1) is 0 Å². The summed E-state index contributed by atoms with van der Waals surface area (Å²) in [5.74, 6) is 0. The number of aryl methyl sites for hydroxylation is 2. The first kappa shape index (κ1) is 15.2. The number of hydrogen-bond donors (Lipinski definition) is 1. The molecule has 0 unspecified atom stereocenters. The van der Waals surface area contributed by atoms with Gasteiger partial charge in [-0.25, -0.2) is 0 Å². The minimum atomic E-state index is 0.373. The first-order valence-corrected chi connectivity index (χ1v) is 7.22. The molecule has 0 bridgehead atoms. The zero-order valence-corrected chi connectivity index (χ0v) is 12.8. The second-order valence-corrected chi connectivity index (χ2v) is 6.21. The molecule has 0 saturated heterocycles. The molecule has 0 aromatic heterocycles. The van der Waals surface area contributed by atoms with Crippen molar-refractivity contribution in [1.82, 2.24) is 5.32 Å². The number of benzene rings is 1. The van der Waals surface area contributed by atoms with Crippen LogP contribution in [-0.2, 0) is 6.42 Å². The molecule has 1 heteroatoms. The SMILES string of the molecule is CCCNCCC(C)(C)Cc1c(C)cccc1C. The first-order chi connectivity index (χ1) is 8.46. The maximum atomic E-state index is 3.51. The molecule has 102 valence electrons. The fraction of sp³-hybridized carbons (Fsp3) is 0.647. The molecular weight excluding hydrogens is 218 g/mol. The molecule has 1 nitrogen and oxygen atoms in total. The second-order valence-electron chi connectivity index (χ2n) is 6.21. The van der Waals surface area contributed by atoms with Gasteiger partial charge in [-0.2, -0.15) is 0 Å². The van der Waals surface area contributed by atoms with Gasteiger partial charge < -0.3 is 5.32 Å². The van der Waals surface area contributed by atoms with Crippen molar-refractivity contribution in [2.45, 2.75) is 53.9 Å². The second kappa shape index (κ2) is 6.94. The molecule has 1 rings (SSSR count). The van der Waals surface area contributed by atoms with Gasteiger partial charge in [0, 0.05) is 0 Å². The number of nitrogens with one attached hydrogen (secondary N) is 1. The Hall–Kier alpha value is -0.820. The molecule has 0 aliphatic carbocycles. The summed E-state index contributed by atoms with van der Waals surface area (Å²) in [5, 5.41) is 3.51. The molecule has 0 aliphatic heterocycles. The first-order valence-electron chi connectivity index (χ1n) is 7.22. The topological polar surface area (TPSA) is 12.0 Å². The van der Waals surface area contributed by atoms with Crippen LogP contribution in [0, 0.1) is 19.3 Å². The normalized spacial score (nSPS) is 11.8. The van der Waals surface area contributed by atoms with Crippen molar-refractivity contribution in [1.29, 1.82) is 0 Å². The third-order valence-corrected chi connectivity index (χ3v) is 3.71. The summed E-state index contributed by atoms with van der Waals surface area (Å²) in [4.78, 5) is 0. The quantitative estimate of drug-likeness (QED) is 0.710. The largest absolute Gasteiger partial charge is 0.317 e. The zero-order valence-electron chi connectivity index (χ0n) is 12.8. The minimum Gasteiger partial charge on any atom is -0.317 e. The van der Waals surface area contributed by atoms with Gasteiger partial charge in [0.05, 0.1) is 0 Å². The van der Waals surface area contributed by atoms with E-state index < -0.39 is 0 Å². The molecule has 0 atom stereocenters. The molecular formula is C17H29N. The van der Waals surface area contributed by atoms with Gasteiger partial charge in [0.1, 0.15) is 0 Å². The van der Waals surface area contributed by atoms with Crippen LogP contribution >= 0.6 is 0 Å². The summed E-state index contributed by atoms with van der Waals surface area (Å²) < 4.78 is 0. The van der Waals surface area contributed by atoms with E-state index >= 15 is 0 Å². The Balaban J connectivity index is 2.59. The predicted octanol–water partition coefficient (Wildman–Crippen LogP) is 4.26.